The van der Waals surface area contributed by atoms with E-state index in [0.29, 0.717) is 17.0 Å². The molecule has 0 fully saturated rings. The summed E-state index contributed by atoms with van der Waals surface area (Å²) in [5.74, 6) is 0.620. The van der Waals surface area contributed by atoms with Crippen molar-refractivity contribution in [2.45, 2.75) is 0 Å². The van der Waals surface area contributed by atoms with Gasteiger partial charge in [0.15, 0.2) is 5.11 Å². The Labute approximate surface area is 87.3 Å². The van der Waals surface area contributed by atoms with Crippen molar-refractivity contribution in [3.63, 3.8) is 0 Å². The van der Waals surface area contributed by atoms with Crippen LogP contribution in [0, 0.1) is 11.3 Å². The zero-order chi connectivity index (χ0) is 10.6. The minimum atomic E-state index is 0.131. The predicted molar refractivity (Wildman–Crippen MR) is 58.1 cm³/mol. The summed E-state index contributed by atoms with van der Waals surface area (Å²) in [5.41, 5.74) is 6.32. The predicted octanol–water partition coefficient (Wildman–Crippen LogP) is 1.22. The first-order chi connectivity index (χ1) is 6.67. The van der Waals surface area contributed by atoms with Gasteiger partial charge in [-0.25, -0.2) is 0 Å². The van der Waals surface area contributed by atoms with Crippen molar-refractivity contribution in [3.8, 4) is 11.8 Å². The SMILES string of the molecule is COc1ccc(NC(N)=S)c(C#N)c1. The maximum absolute atomic E-state index is 8.82. The van der Waals surface area contributed by atoms with Crippen molar-refractivity contribution in [1.82, 2.24) is 0 Å². The first-order valence-electron chi connectivity index (χ1n) is 3.82. The van der Waals surface area contributed by atoms with Crippen molar-refractivity contribution in [2.75, 3.05) is 12.4 Å². The summed E-state index contributed by atoms with van der Waals surface area (Å²) in [7, 11) is 1.54. The van der Waals surface area contributed by atoms with Gasteiger partial charge in [0.2, 0.25) is 0 Å². The van der Waals surface area contributed by atoms with E-state index in [1.54, 1.807) is 18.2 Å². The Hall–Kier alpha value is -1.80. The van der Waals surface area contributed by atoms with E-state index < -0.39 is 0 Å². The molecule has 0 spiro atoms. The third-order valence-corrected chi connectivity index (χ3v) is 1.71. The highest BCUT2D eigenvalue weighted by Gasteiger charge is 2.03. The fraction of sp³-hybridized carbons (Fsp3) is 0.111. The number of methoxy groups -OCH3 is 1. The zero-order valence-corrected chi connectivity index (χ0v) is 8.39. The smallest absolute Gasteiger partial charge is 0.168 e. The lowest BCUT2D eigenvalue weighted by Gasteiger charge is -2.07. The molecule has 1 aromatic carbocycles. The highest BCUT2D eigenvalue weighted by Crippen LogP contribution is 2.20. The average molecular weight is 207 g/mol. The van der Waals surface area contributed by atoms with Gasteiger partial charge in [0, 0.05) is 0 Å². The number of hydrogen-bond acceptors (Lipinski definition) is 3. The molecule has 0 aliphatic heterocycles. The molecule has 0 aromatic heterocycles. The van der Waals surface area contributed by atoms with Crippen LogP contribution in [0.5, 0.6) is 5.75 Å². The second kappa shape index (κ2) is 4.44. The van der Waals surface area contributed by atoms with Crippen LogP contribution in [-0.2, 0) is 0 Å². The van der Waals surface area contributed by atoms with Gasteiger partial charge >= 0.3 is 0 Å². The van der Waals surface area contributed by atoms with Gasteiger partial charge in [-0.2, -0.15) is 5.26 Å². The number of rotatable bonds is 2. The quantitative estimate of drug-likeness (QED) is 0.713. The Kier molecular flexibility index (Phi) is 3.26. The molecule has 0 aliphatic carbocycles. The van der Waals surface area contributed by atoms with Crippen LogP contribution in [0.15, 0.2) is 18.2 Å². The number of anilines is 1. The molecule has 0 aliphatic rings. The van der Waals surface area contributed by atoms with Gasteiger partial charge in [-0.3, -0.25) is 0 Å². The molecule has 0 bridgehead atoms. The van der Waals surface area contributed by atoms with E-state index in [2.05, 4.69) is 17.5 Å². The minimum Gasteiger partial charge on any atom is -0.497 e. The molecular formula is C9H9N3OS. The lowest BCUT2D eigenvalue weighted by molar-refractivity contribution is 0.415. The summed E-state index contributed by atoms with van der Waals surface area (Å²) in [6, 6.07) is 7.04. The number of nitrogens with one attached hydrogen (secondary N) is 1. The fourth-order valence-corrected chi connectivity index (χ4v) is 1.09. The summed E-state index contributed by atoms with van der Waals surface area (Å²) in [6.07, 6.45) is 0. The normalized spacial score (nSPS) is 8.86. The van der Waals surface area contributed by atoms with Gasteiger partial charge in [0.25, 0.3) is 0 Å². The lowest BCUT2D eigenvalue weighted by atomic mass is 10.2. The number of nitriles is 1. The van der Waals surface area contributed by atoms with Gasteiger partial charge in [0.1, 0.15) is 11.8 Å². The Morgan fingerprint density at radius 2 is 2.36 bits per heavy atom. The molecule has 1 aromatic rings. The Balaban J connectivity index is 3.07. The largest absolute Gasteiger partial charge is 0.497 e. The molecule has 0 radical (unpaired) electrons. The molecule has 14 heavy (non-hydrogen) atoms. The number of thiocarbonyl (C=S) groups is 1. The molecule has 0 unspecified atom stereocenters. The number of benzene rings is 1. The van der Waals surface area contributed by atoms with E-state index in [1.807, 2.05) is 6.07 Å². The van der Waals surface area contributed by atoms with Gasteiger partial charge in [0.05, 0.1) is 18.4 Å². The summed E-state index contributed by atoms with van der Waals surface area (Å²) in [5, 5.41) is 11.7. The highest BCUT2D eigenvalue weighted by molar-refractivity contribution is 7.80. The van der Waals surface area contributed by atoms with Crippen molar-refractivity contribution in [1.29, 1.82) is 5.26 Å². The monoisotopic (exact) mass is 207 g/mol. The van der Waals surface area contributed by atoms with Crippen LogP contribution in [0.3, 0.4) is 0 Å². The topological polar surface area (TPSA) is 71.1 Å². The number of nitrogens with zero attached hydrogens (tertiary/aromatic N) is 1. The van der Waals surface area contributed by atoms with E-state index in [9.17, 15) is 0 Å². The lowest BCUT2D eigenvalue weighted by Crippen LogP contribution is -2.19. The Morgan fingerprint density at radius 3 is 2.86 bits per heavy atom. The molecule has 0 amide bonds. The van der Waals surface area contributed by atoms with Crippen LogP contribution in [0.1, 0.15) is 5.56 Å². The van der Waals surface area contributed by atoms with E-state index in [0.717, 1.165) is 0 Å². The van der Waals surface area contributed by atoms with E-state index in [4.69, 9.17) is 15.7 Å². The maximum atomic E-state index is 8.82. The van der Waals surface area contributed by atoms with Crippen LogP contribution >= 0.6 is 12.2 Å². The second-order valence-electron chi connectivity index (χ2n) is 2.51. The Bertz CT molecular complexity index is 398. The molecular weight excluding hydrogens is 198 g/mol. The first kappa shape index (κ1) is 10.3. The van der Waals surface area contributed by atoms with Crippen LogP contribution in [-0.4, -0.2) is 12.2 Å². The molecule has 0 saturated carbocycles. The molecule has 3 N–H and O–H groups in total. The molecule has 0 atom stereocenters. The van der Waals surface area contributed by atoms with Crippen LogP contribution in [0.25, 0.3) is 0 Å². The van der Waals surface area contributed by atoms with Crippen molar-refractivity contribution in [3.05, 3.63) is 23.8 Å². The molecule has 0 saturated heterocycles. The van der Waals surface area contributed by atoms with E-state index in [1.165, 1.54) is 7.11 Å². The summed E-state index contributed by atoms with van der Waals surface area (Å²) in [4.78, 5) is 0. The Morgan fingerprint density at radius 1 is 1.64 bits per heavy atom. The third-order valence-electron chi connectivity index (χ3n) is 1.61. The summed E-state index contributed by atoms with van der Waals surface area (Å²) >= 11 is 4.67. The summed E-state index contributed by atoms with van der Waals surface area (Å²) < 4.78 is 4.97. The fourth-order valence-electron chi connectivity index (χ4n) is 0.985. The van der Waals surface area contributed by atoms with Gasteiger partial charge in [-0.1, -0.05) is 0 Å². The average Bonchev–Trinajstić information content (AvgIpc) is 2.17. The van der Waals surface area contributed by atoms with E-state index >= 15 is 0 Å². The standard InChI is InChI=1S/C9H9N3OS/c1-13-7-2-3-8(12-9(11)14)6(4-7)5-10/h2-4H,1H3,(H3,11,12,14). The minimum absolute atomic E-state index is 0.131. The maximum Gasteiger partial charge on any atom is 0.168 e. The third kappa shape index (κ3) is 2.34. The van der Waals surface area contributed by atoms with Gasteiger partial charge < -0.3 is 15.8 Å². The van der Waals surface area contributed by atoms with Crippen LogP contribution < -0.4 is 15.8 Å². The number of hydrogen-bond donors (Lipinski definition) is 2. The van der Waals surface area contributed by atoms with Crippen molar-refractivity contribution < 1.29 is 4.74 Å². The van der Waals surface area contributed by atoms with Gasteiger partial charge in [-0.15, -0.1) is 0 Å². The van der Waals surface area contributed by atoms with Crippen molar-refractivity contribution >= 4 is 23.0 Å². The molecule has 1 rings (SSSR count). The van der Waals surface area contributed by atoms with E-state index in [-0.39, 0.29) is 5.11 Å². The first-order valence-corrected chi connectivity index (χ1v) is 4.23. The summed E-state index contributed by atoms with van der Waals surface area (Å²) in [6.45, 7) is 0. The molecule has 5 heteroatoms. The molecule has 72 valence electrons. The second-order valence-corrected chi connectivity index (χ2v) is 2.95. The van der Waals surface area contributed by atoms with Crippen molar-refractivity contribution in [2.24, 2.45) is 5.73 Å². The highest BCUT2D eigenvalue weighted by atomic mass is 32.1. The number of nitrogens with two attached hydrogens (primary N) is 1. The molecule has 4 nitrogen and oxygen atoms in total. The molecule has 0 heterocycles. The zero-order valence-electron chi connectivity index (χ0n) is 7.57. The number of ether oxygens (including phenoxy) is 1. The van der Waals surface area contributed by atoms with Crippen LogP contribution in [0.2, 0.25) is 0 Å². The van der Waals surface area contributed by atoms with Gasteiger partial charge in [-0.05, 0) is 30.4 Å². The van der Waals surface area contributed by atoms with Crippen LogP contribution in [0.4, 0.5) is 5.69 Å².